The molecule has 0 unspecified atom stereocenters. The molecule has 5 rings (SSSR count). The van der Waals surface area contributed by atoms with Gasteiger partial charge in [-0.3, -0.25) is 9.59 Å². The number of hydrogen-bond acceptors (Lipinski definition) is 7. The summed E-state index contributed by atoms with van der Waals surface area (Å²) in [5.41, 5.74) is 0.866. The van der Waals surface area contributed by atoms with Crippen molar-refractivity contribution in [3.63, 3.8) is 0 Å². The van der Waals surface area contributed by atoms with E-state index in [1.807, 2.05) is 30.3 Å². The number of para-hydroxylation sites is 1. The average Bonchev–Trinajstić information content (AvgIpc) is 3.54. The topological polar surface area (TPSA) is 98.8 Å². The number of nitrogens with one attached hydrogen (secondary N) is 2. The summed E-state index contributed by atoms with van der Waals surface area (Å²) in [4.78, 5) is 30.2. The summed E-state index contributed by atoms with van der Waals surface area (Å²) in [6.07, 6.45) is 3.59. The molecule has 3 aromatic rings. The number of hydrogen-bond donors (Lipinski definition) is 2. The van der Waals surface area contributed by atoms with Crippen molar-refractivity contribution in [1.29, 1.82) is 0 Å². The van der Waals surface area contributed by atoms with E-state index >= 15 is 0 Å². The predicted molar refractivity (Wildman–Crippen MR) is 126 cm³/mol. The highest BCUT2D eigenvalue weighted by Gasteiger charge is 2.29. The first-order valence-corrected chi connectivity index (χ1v) is 12.2. The Morgan fingerprint density at radius 3 is 2.50 bits per heavy atom. The third-order valence-corrected chi connectivity index (χ3v) is 6.75. The molecule has 0 saturated heterocycles. The van der Waals surface area contributed by atoms with E-state index in [2.05, 4.69) is 15.6 Å². The largest absolute Gasteiger partial charge is 0.486 e. The lowest BCUT2D eigenvalue weighted by Gasteiger charge is -2.32. The van der Waals surface area contributed by atoms with Crippen LogP contribution in [0.1, 0.15) is 51.5 Å². The van der Waals surface area contributed by atoms with Gasteiger partial charge in [0.1, 0.15) is 23.1 Å². The third kappa shape index (κ3) is 5.14. The number of benzene rings is 2. The highest BCUT2D eigenvalue weighted by molar-refractivity contribution is 7.09. The first kappa shape index (κ1) is 22.2. The first-order valence-electron chi connectivity index (χ1n) is 11.3. The van der Waals surface area contributed by atoms with Crippen LogP contribution in [0.5, 0.6) is 17.2 Å². The van der Waals surface area contributed by atoms with Gasteiger partial charge in [-0.25, -0.2) is 4.98 Å². The Morgan fingerprint density at radius 2 is 1.71 bits per heavy atom. The van der Waals surface area contributed by atoms with Crippen molar-refractivity contribution in [1.82, 2.24) is 15.6 Å². The van der Waals surface area contributed by atoms with Gasteiger partial charge in [-0.1, -0.05) is 31.0 Å². The second-order valence-electron chi connectivity index (χ2n) is 8.24. The van der Waals surface area contributed by atoms with E-state index in [1.165, 1.54) is 11.3 Å². The molecule has 2 aromatic carbocycles. The summed E-state index contributed by atoms with van der Waals surface area (Å²) in [5, 5.41) is 8.63. The van der Waals surface area contributed by atoms with Gasteiger partial charge in [0.15, 0.2) is 11.5 Å². The van der Waals surface area contributed by atoms with Crippen molar-refractivity contribution >= 4 is 23.2 Å². The van der Waals surface area contributed by atoms with Gasteiger partial charge < -0.3 is 24.8 Å². The molecule has 1 saturated carbocycles. The fourth-order valence-electron chi connectivity index (χ4n) is 4.15. The molecule has 0 spiro atoms. The minimum atomic E-state index is -0.239. The molecule has 0 bridgehead atoms. The van der Waals surface area contributed by atoms with Gasteiger partial charge in [0.25, 0.3) is 11.8 Å². The lowest BCUT2D eigenvalue weighted by Crippen LogP contribution is -2.53. The number of fused-ring (bicyclic) bond motifs is 1. The van der Waals surface area contributed by atoms with Gasteiger partial charge in [0.2, 0.25) is 6.79 Å². The van der Waals surface area contributed by atoms with Crippen LogP contribution in [-0.4, -0.2) is 35.7 Å². The van der Waals surface area contributed by atoms with E-state index in [9.17, 15) is 9.59 Å². The molecular weight excluding hydrogens is 454 g/mol. The first-order chi connectivity index (χ1) is 16.7. The van der Waals surface area contributed by atoms with Crippen LogP contribution in [0.4, 0.5) is 0 Å². The Labute approximate surface area is 201 Å². The average molecular weight is 480 g/mol. The van der Waals surface area contributed by atoms with Gasteiger partial charge >= 0.3 is 0 Å². The molecule has 1 aliphatic carbocycles. The number of carbonyl (C=O) groups excluding carboxylic acids is 2. The molecule has 8 nitrogen and oxygen atoms in total. The van der Waals surface area contributed by atoms with Crippen LogP contribution in [0, 0.1) is 0 Å². The zero-order valence-electron chi connectivity index (χ0n) is 18.5. The van der Waals surface area contributed by atoms with E-state index < -0.39 is 0 Å². The van der Waals surface area contributed by atoms with E-state index in [4.69, 9.17) is 14.2 Å². The van der Waals surface area contributed by atoms with Crippen LogP contribution in [0.3, 0.4) is 0 Å². The molecule has 2 heterocycles. The smallest absolute Gasteiger partial charge is 0.271 e. The Morgan fingerprint density at radius 1 is 0.971 bits per heavy atom. The summed E-state index contributed by atoms with van der Waals surface area (Å²) in [6, 6.07) is 14.3. The van der Waals surface area contributed by atoms with E-state index in [0.29, 0.717) is 29.4 Å². The summed E-state index contributed by atoms with van der Waals surface area (Å²) in [5.74, 6) is 1.52. The van der Waals surface area contributed by atoms with E-state index in [1.54, 1.807) is 23.6 Å². The van der Waals surface area contributed by atoms with E-state index in [0.717, 1.165) is 36.4 Å². The molecular formula is C25H25N3O5S. The monoisotopic (exact) mass is 479 g/mol. The normalized spacial score (nSPS) is 18.8. The van der Waals surface area contributed by atoms with Gasteiger partial charge in [-0.2, -0.15) is 0 Å². The summed E-state index contributed by atoms with van der Waals surface area (Å²) in [6.45, 7) is 0.466. The molecule has 2 aliphatic rings. The van der Waals surface area contributed by atoms with Crippen molar-refractivity contribution in [2.45, 2.75) is 44.4 Å². The van der Waals surface area contributed by atoms with Crippen LogP contribution in [0.25, 0.3) is 0 Å². The maximum Gasteiger partial charge on any atom is 0.271 e. The van der Waals surface area contributed by atoms with Crippen LogP contribution >= 0.6 is 11.3 Å². The minimum Gasteiger partial charge on any atom is -0.486 e. The molecule has 2 N–H and O–H groups in total. The number of carbonyl (C=O) groups is 2. The number of thiazole rings is 1. The SMILES string of the molecule is O=C(N[C@H]1CCCC[C@@H]1NC(=O)c1csc(COc2ccccc2)n1)c1ccc2c(c1)OCO2. The summed E-state index contributed by atoms with van der Waals surface area (Å²) >= 11 is 1.39. The highest BCUT2D eigenvalue weighted by atomic mass is 32.1. The molecule has 0 radical (unpaired) electrons. The number of nitrogens with zero attached hydrogens (tertiary/aromatic N) is 1. The maximum absolute atomic E-state index is 12.9. The quantitative estimate of drug-likeness (QED) is 0.533. The Balaban J connectivity index is 1.18. The minimum absolute atomic E-state index is 0.157. The third-order valence-electron chi connectivity index (χ3n) is 5.92. The van der Waals surface area contributed by atoms with Crippen LogP contribution in [0.2, 0.25) is 0 Å². The van der Waals surface area contributed by atoms with Crippen LogP contribution in [-0.2, 0) is 6.61 Å². The second-order valence-corrected chi connectivity index (χ2v) is 9.18. The fraction of sp³-hybridized carbons (Fsp3) is 0.320. The van der Waals surface area contributed by atoms with Crippen LogP contribution < -0.4 is 24.8 Å². The zero-order chi connectivity index (χ0) is 23.3. The molecule has 2 atom stereocenters. The van der Waals surface area contributed by atoms with Crippen molar-refractivity contribution in [3.05, 3.63) is 70.2 Å². The Bertz CT molecular complexity index is 1170. The molecule has 1 aliphatic heterocycles. The summed E-state index contributed by atoms with van der Waals surface area (Å²) in [7, 11) is 0. The molecule has 1 aromatic heterocycles. The molecule has 176 valence electrons. The summed E-state index contributed by atoms with van der Waals surface area (Å²) < 4.78 is 16.4. The molecule has 34 heavy (non-hydrogen) atoms. The van der Waals surface area contributed by atoms with Crippen molar-refractivity contribution < 1.29 is 23.8 Å². The van der Waals surface area contributed by atoms with Gasteiger partial charge in [0.05, 0.1) is 0 Å². The maximum atomic E-state index is 12.9. The van der Waals surface area contributed by atoms with Gasteiger partial charge in [-0.15, -0.1) is 11.3 Å². The lowest BCUT2D eigenvalue weighted by atomic mass is 9.90. The number of aromatic nitrogens is 1. The Kier molecular flexibility index (Phi) is 6.62. The zero-order valence-corrected chi connectivity index (χ0v) is 19.3. The lowest BCUT2D eigenvalue weighted by molar-refractivity contribution is 0.0860. The number of amides is 2. The number of rotatable bonds is 7. The van der Waals surface area contributed by atoms with Crippen molar-refractivity contribution in [2.24, 2.45) is 0 Å². The van der Waals surface area contributed by atoms with Gasteiger partial charge in [0, 0.05) is 23.0 Å². The Hall–Kier alpha value is -3.59. The predicted octanol–water partition coefficient (Wildman–Crippen LogP) is 3.92. The van der Waals surface area contributed by atoms with Crippen molar-refractivity contribution in [2.75, 3.05) is 6.79 Å². The van der Waals surface area contributed by atoms with Crippen molar-refractivity contribution in [3.8, 4) is 17.2 Å². The highest BCUT2D eigenvalue weighted by Crippen LogP contribution is 2.32. The van der Waals surface area contributed by atoms with Gasteiger partial charge in [-0.05, 0) is 43.2 Å². The molecule has 1 fully saturated rings. The van der Waals surface area contributed by atoms with Crippen LogP contribution in [0.15, 0.2) is 53.9 Å². The second kappa shape index (κ2) is 10.1. The number of ether oxygens (including phenoxy) is 3. The molecule has 9 heteroatoms. The van der Waals surface area contributed by atoms with E-state index in [-0.39, 0.29) is 30.7 Å². The standard InChI is InChI=1S/C25H25N3O5S/c29-24(16-10-11-21-22(12-16)33-15-32-21)27-18-8-4-5-9-19(18)28-25(30)20-14-34-23(26-20)13-31-17-6-2-1-3-7-17/h1-3,6-7,10-12,14,18-19H,4-5,8-9,13,15H2,(H,27,29)(H,28,30)/t18-,19-/m0/s1. The fourth-order valence-corrected chi connectivity index (χ4v) is 4.84. The molecule has 2 amide bonds.